The maximum Gasteiger partial charge on any atom is 0.416 e. The zero-order chi connectivity index (χ0) is 20.3. The number of aromatic amines is 1. The molecule has 9 heteroatoms. The summed E-state index contributed by atoms with van der Waals surface area (Å²) in [6.07, 6.45) is -1.16. The number of nitrogens with zero attached hydrogens (tertiary/aromatic N) is 3. The van der Waals surface area contributed by atoms with Gasteiger partial charge in [-0.1, -0.05) is 12.1 Å². The number of ether oxygens (including phenoxy) is 1. The number of alkyl halides is 3. The number of rotatable bonds is 5. The molecule has 0 amide bonds. The zero-order valence-electron chi connectivity index (χ0n) is 14.8. The van der Waals surface area contributed by atoms with Crippen LogP contribution in [0.2, 0.25) is 0 Å². The van der Waals surface area contributed by atoms with E-state index in [1.165, 1.54) is 12.1 Å². The topological polar surface area (TPSA) is 75.7 Å². The molecule has 0 atom stereocenters. The summed E-state index contributed by atoms with van der Waals surface area (Å²) in [5.74, 6) is 1.79. The standard InChI is InChI=1S/C20H14F3N5O/c21-20(22,23)14-4-1-3-13(11-14)18-26-19(28-27-18)25-15-6-8-16(9-7-15)29-17-5-2-10-24-12-17/h1-12H,(H2,25,26,27,28). The Morgan fingerprint density at radius 3 is 2.45 bits per heavy atom. The number of hydrogen-bond donors (Lipinski definition) is 2. The van der Waals surface area contributed by atoms with Gasteiger partial charge < -0.3 is 15.0 Å². The minimum Gasteiger partial charge on any atom is -0.456 e. The van der Waals surface area contributed by atoms with E-state index in [1.807, 2.05) is 0 Å². The second kappa shape index (κ2) is 7.63. The highest BCUT2D eigenvalue weighted by Crippen LogP contribution is 2.31. The van der Waals surface area contributed by atoms with Crippen molar-refractivity contribution in [3.8, 4) is 22.9 Å². The van der Waals surface area contributed by atoms with Crippen molar-refractivity contribution >= 4 is 11.6 Å². The zero-order valence-corrected chi connectivity index (χ0v) is 14.8. The molecule has 0 unspecified atom stereocenters. The van der Waals surface area contributed by atoms with E-state index in [1.54, 1.807) is 48.8 Å². The predicted octanol–water partition coefficient (Wildman–Crippen LogP) is 5.42. The quantitative estimate of drug-likeness (QED) is 0.470. The van der Waals surface area contributed by atoms with E-state index < -0.39 is 11.7 Å². The monoisotopic (exact) mass is 397 g/mol. The largest absolute Gasteiger partial charge is 0.456 e. The lowest BCUT2D eigenvalue weighted by atomic mass is 10.1. The lowest BCUT2D eigenvalue weighted by Gasteiger charge is -2.07. The first-order valence-corrected chi connectivity index (χ1v) is 8.53. The SMILES string of the molecule is FC(F)(F)c1cccc(-c2nnc(Nc3ccc(Oc4cccnc4)cc3)[nH]2)c1. The molecule has 0 aliphatic heterocycles. The Kier molecular flexibility index (Phi) is 4.86. The molecule has 2 aromatic heterocycles. The maximum atomic E-state index is 12.9. The molecule has 2 aromatic carbocycles. The third-order valence-corrected chi connectivity index (χ3v) is 3.94. The van der Waals surface area contributed by atoms with Crippen LogP contribution in [0.3, 0.4) is 0 Å². The smallest absolute Gasteiger partial charge is 0.416 e. The molecule has 0 spiro atoms. The van der Waals surface area contributed by atoms with Crippen LogP contribution in [0.25, 0.3) is 11.4 Å². The molecule has 0 saturated carbocycles. The molecule has 0 radical (unpaired) electrons. The molecule has 4 rings (SSSR count). The number of halogens is 3. The van der Waals surface area contributed by atoms with Crippen molar-refractivity contribution in [2.75, 3.05) is 5.32 Å². The Labute approximate surface area is 163 Å². The fourth-order valence-electron chi connectivity index (χ4n) is 2.58. The lowest BCUT2D eigenvalue weighted by molar-refractivity contribution is -0.137. The Balaban J connectivity index is 1.45. The van der Waals surface area contributed by atoms with Crippen LogP contribution in [-0.4, -0.2) is 20.2 Å². The van der Waals surface area contributed by atoms with Crippen LogP contribution in [-0.2, 0) is 6.18 Å². The minimum atomic E-state index is -4.42. The van der Waals surface area contributed by atoms with Gasteiger partial charge in [-0.05, 0) is 48.5 Å². The van der Waals surface area contributed by atoms with Crippen molar-refractivity contribution in [2.24, 2.45) is 0 Å². The molecule has 29 heavy (non-hydrogen) atoms. The highest BCUT2D eigenvalue weighted by molar-refractivity contribution is 5.60. The van der Waals surface area contributed by atoms with Crippen molar-refractivity contribution in [1.29, 1.82) is 0 Å². The van der Waals surface area contributed by atoms with Crippen LogP contribution in [0.1, 0.15) is 5.56 Å². The number of nitrogens with one attached hydrogen (secondary N) is 2. The van der Waals surface area contributed by atoms with Gasteiger partial charge in [-0.3, -0.25) is 4.98 Å². The number of hydrogen-bond acceptors (Lipinski definition) is 5. The summed E-state index contributed by atoms with van der Waals surface area (Å²) >= 11 is 0. The number of aromatic nitrogens is 4. The van der Waals surface area contributed by atoms with Gasteiger partial charge in [-0.2, -0.15) is 13.2 Å². The maximum absolute atomic E-state index is 12.9. The van der Waals surface area contributed by atoms with Crippen LogP contribution in [0.15, 0.2) is 73.1 Å². The molecule has 2 N–H and O–H groups in total. The number of pyridine rings is 1. The second-order valence-electron chi connectivity index (χ2n) is 6.04. The molecule has 4 aromatic rings. The first-order chi connectivity index (χ1) is 14.0. The van der Waals surface area contributed by atoms with Crippen LogP contribution in [0, 0.1) is 0 Å². The van der Waals surface area contributed by atoms with Gasteiger partial charge >= 0.3 is 6.18 Å². The third kappa shape index (κ3) is 4.52. The second-order valence-corrected chi connectivity index (χ2v) is 6.04. The van der Waals surface area contributed by atoms with E-state index in [0.717, 1.165) is 12.1 Å². The van der Waals surface area contributed by atoms with Gasteiger partial charge in [-0.25, -0.2) is 0 Å². The average Bonchev–Trinajstić information content (AvgIpc) is 3.18. The summed E-state index contributed by atoms with van der Waals surface area (Å²) < 4.78 is 44.3. The molecular weight excluding hydrogens is 383 g/mol. The molecule has 0 saturated heterocycles. The van der Waals surface area contributed by atoms with Gasteiger partial charge in [0.2, 0.25) is 5.95 Å². The number of H-pyrrole nitrogens is 1. The van der Waals surface area contributed by atoms with E-state index in [0.29, 0.717) is 28.7 Å². The summed E-state index contributed by atoms with van der Waals surface area (Å²) in [5, 5.41) is 10.9. The number of anilines is 2. The van der Waals surface area contributed by atoms with Gasteiger partial charge in [0.05, 0.1) is 11.8 Å². The first kappa shape index (κ1) is 18.5. The molecule has 2 heterocycles. The van der Waals surface area contributed by atoms with E-state index in [9.17, 15) is 13.2 Å². The summed E-state index contributed by atoms with van der Waals surface area (Å²) in [7, 11) is 0. The molecule has 0 fully saturated rings. The van der Waals surface area contributed by atoms with Crippen molar-refractivity contribution in [2.45, 2.75) is 6.18 Å². The van der Waals surface area contributed by atoms with Gasteiger partial charge in [0, 0.05) is 17.4 Å². The fourth-order valence-corrected chi connectivity index (χ4v) is 2.58. The Hall–Kier alpha value is -3.88. The van der Waals surface area contributed by atoms with E-state index in [4.69, 9.17) is 4.74 Å². The van der Waals surface area contributed by atoms with Crippen molar-refractivity contribution in [3.05, 3.63) is 78.6 Å². The molecule has 0 aliphatic rings. The summed E-state index contributed by atoms with van der Waals surface area (Å²) in [5.41, 5.74) is 0.251. The van der Waals surface area contributed by atoms with Crippen molar-refractivity contribution in [1.82, 2.24) is 20.2 Å². The molecule has 146 valence electrons. The molecule has 0 bridgehead atoms. The van der Waals surface area contributed by atoms with Crippen LogP contribution in [0.5, 0.6) is 11.5 Å². The highest BCUT2D eigenvalue weighted by atomic mass is 19.4. The van der Waals surface area contributed by atoms with Crippen LogP contribution >= 0.6 is 0 Å². The number of benzene rings is 2. The molecule has 0 aliphatic carbocycles. The molecule has 6 nitrogen and oxygen atoms in total. The van der Waals surface area contributed by atoms with E-state index in [-0.39, 0.29) is 5.82 Å². The predicted molar refractivity (Wildman–Crippen MR) is 101 cm³/mol. The van der Waals surface area contributed by atoms with Gasteiger partial charge in [-0.15, -0.1) is 10.2 Å². The summed E-state index contributed by atoms with van der Waals surface area (Å²) in [6.45, 7) is 0. The van der Waals surface area contributed by atoms with Gasteiger partial charge in [0.25, 0.3) is 0 Å². The van der Waals surface area contributed by atoms with Crippen molar-refractivity contribution < 1.29 is 17.9 Å². The highest BCUT2D eigenvalue weighted by Gasteiger charge is 2.30. The Morgan fingerprint density at radius 1 is 0.897 bits per heavy atom. The van der Waals surface area contributed by atoms with Crippen LogP contribution in [0.4, 0.5) is 24.8 Å². The Morgan fingerprint density at radius 2 is 1.72 bits per heavy atom. The van der Waals surface area contributed by atoms with E-state index >= 15 is 0 Å². The third-order valence-electron chi connectivity index (χ3n) is 3.94. The van der Waals surface area contributed by atoms with Gasteiger partial charge in [0.15, 0.2) is 5.82 Å². The average molecular weight is 397 g/mol. The van der Waals surface area contributed by atoms with Crippen LogP contribution < -0.4 is 10.1 Å². The molecular formula is C20H14F3N5O. The summed E-state index contributed by atoms with van der Waals surface area (Å²) in [4.78, 5) is 6.85. The summed E-state index contributed by atoms with van der Waals surface area (Å²) in [6, 6.07) is 15.5. The Bertz CT molecular complexity index is 1100. The first-order valence-electron chi connectivity index (χ1n) is 8.53. The van der Waals surface area contributed by atoms with Gasteiger partial charge in [0.1, 0.15) is 11.5 Å². The van der Waals surface area contributed by atoms with Crippen molar-refractivity contribution in [3.63, 3.8) is 0 Å². The minimum absolute atomic E-state index is 0.232. The fraction of sp³-hybridized carbons (Fsp3) is 0.0500. The lowest BCUT2D eigenvalue weighted by Crippen LogP contribution is -2.04. The normalized spacial score (nSPS) is 11.3. The van der Waals surface area contributed by atoms with E-state index in [2.05, 4.69) is 25.5 Å².